The predicted octanol–water partition coefficient (Wildman–Crippen LogP) is 3.82. The van der Waals surface area contributed by atoms with Crippen LogP contribution in [0.15, 0.2) is 48.7 Å². The van der Waals surface area contributed by atoms with Gasteiger partial charge in [0.15, 0.2) is 0 Å². The molecule has 0 bridgehead atoms. The number of benzene rings is 1. The van der Waals surface area contributed by atoms with Gasteiger partial charge in [0.05, 0.1) is 22.5 Å². The minimum Gasteiger partial charge on any atom is -0.348 e. The highest BCUT2D eigenvalue weighted by Gasteiger charge is 2.19. The number of fused-ring (bicyclic) bond motifs is 1. The van der Waals surface area contributed by atoms with Gasteiger partial charge in [0, 0.05) is 24.2 Å². The van der Waals surface area contributed by atoms with Crippen LogP contribution in [0.1, 0.15) is 35.7 Å². The molecule has 3 heterocycles. The fourth-order valence-corrected chi connectivity index (χ4v) is 3.92. The lowest BCUT2D eigenvalue weighted by Crippen LogP contribution is -2.41. The van der Waals surface area contributed by atoms with Crippen molar-refractivity contribution in [3.05, 3.63) is 59.8 Å². The molecular weight excluding hydrogens is 348 g/mol. The van der Waals surface area contributed by atoms with Gasteiger partial charge in [-0.25, -0.2) is 4.98 Å². The molecule has 0 saturated carbocycles. The molecule has 1 saturated heterocycles. The SMILES string of the molecule is Cc1cccc2c(C(=O)NC(C)CN3CCCC3)cc(-c3ccccn3)nc12. The number of aromatic nitrogens is 2. The Morgan fingerprint density at radius 2 is 1.96 bits per heavy atom. The Morgan fingerprint density at radius 3 is 2.71 bits per heavy atom. The van der Waals surface area contributed by atoms with Gasteiger partial charge in [0.2, 0.25) is 0 Å². The first-order chi connectivity index (χ1) is 13.6. The summed E-state index contributed by atoms with van der Waals surface area (Å²) in [5, 5.41) is 4.06. The van der Waals surface area contributed by atoms with Gasteiger partial charge in [-0.3, -0.25) is 9.78 Å². The van der Waals surface area contributed by atoms with Crippen LogP contribution in [0.25, 0.3) is 22.3 Å². The molecule has 1 aliphatic heterocycles. The summed E-state index contributed by atoms with van der Waals surface area (Å²) in [6.45, 7) is 7.24. The first-order valence-electron chi connectivity index (χ1n) is 9.97. The molecule has 2 aromatic heterocycles. The Bertz CT molecular complexity index is 981. The molecule has 1 aromatic carbocycles. The molecule has 1 N–H and O–H groups in total. The van der Waals surface area contributed by atoms with Gasteiger partial charge in [0.1, 0.15) is 0 Å². The largest absolute Gasteiger partial charge is 0.348 e. The highest BCUT2D eigenvalue weighted by atomic mass is 16.1. The quantitative estimate of drug-likeness (QED) is 0.738. The molecule has 0 spiro atoms. The molecule has 1 fully saturated rings. The van der Waals surface area contributed by atoms with Crippen LogP contribution in [0, 0.1) is 6.92 Å². The number of aryl methyl sites for hydroxylation is 1. The van der Waals surface area contributed by atoms with E-state index in [4.69, 9.17) is 4.98 Å². The molecule has 1 amide bonds. The van der Waals surface area contributed by atoms with Gasteiger partial charge in [0.25, 0.3) is 5.91 Å². The molecule has 1 aliphatic rings. The second-order valence-corrected chi connectivity index (χ2v) is 7.62. The zero-order valence-electron chi connectivity index (χ0n) is 16.5. The van der Waals surface area contributed by atoms with E-state index in [1.807, 2.05) is 49.4 Å². The van der Waals surface area contributed by atoms with E-state index in [0.717, 1.165) is 47.5 Å². The van der Waals surface area contributed by atoms with E-state index in [1.54, 1.807) is 6.20 Å². The molecule has 5 heteroatoms. The highest BCUT2D eigenvalue weighted by Crippen LogP contribution is 2.26. The smallest absolute Gasteiger partial charge is 0.252 e. The van der Waals surface area contributed by atoms with Crippen molar-refractivity contribution >= 4 is 16.8 Å². The maximum atomic E-state index is 13.2. The van der Waals surface area contributed by atoms with Crippen molar-refractivity contribution in [2.24, 2.45) is 0 Å². The lowest BCUT2D eigenvalue weighted by molar-refractivity contribution is 0.0933. The first kappa shape index (κ1) is 18.6. The molecule has 3 aromatic rings. The third-order valence-corrected chi connectivity index (χ3v) is 5.32. The Morgan fingerprint density at radius 1 is 1.14 bits per heavy atom. The van der Waals surface area contributed by atoms with E-state index in [1.165, 1.54) is 12.8 Å². The number of nitrogens with one attached hydrogen (secondary N) is 1. The van der Waals surface area contributed by atoms with Crippen molar-refractivity contribution in [2.75, 3.05) is 19.6 Å². The first-order valence-corrected chi connectivity index (χ1v) is 9.97. The summed E-state index contributed by atoms with van der Waals surface area (Å²) in [5.74, 6) is -0.0538. The van der Waals surface area contributed by atoms with Crippen LogP contribution < -0.4 is 5.32 Å². The van der Waals surface area contributed by atoms with Gasteiger partial charge in [-0.1, -0.05) is 24.3 Å². The summed E-state index contributed by atoms with van der Waals surface area (Å²) in [4.78, 5) is 24.8. The molecule has 4 rings (SSSR count). The van der Waals surface area contributed by atoms with E-state index < -0.39 is 0 Å². The number of carbonyl (C=O) groups is 1. The van der Waals surface area contributed by atoms with E-state index in [-0.39, 0.29) is 11.9 Å². The molecule has 0 radical (unpaired) electrons. The number of rotatable bonds is 5. The number of nitrogens with zero attached hydrogens (tertiary/aromatic N) is 3. The second kappa shape index (κ2) is 8.07. The lowest BCUT2D eigenvalue weighted by atomic mass is 10.0. The van der Waals surface area contributed by atoms with Gasteiger partial charge in [-0.15, -0.1) is 0 Å². The van der Waals surface area contributed by atoms with E-state index in [2.05, 4.69) is 22.1 Å². The van der Waals surface area contributed by atoms with Gasteiger partial charge >= 0.3 is 0 Å². The fraction of sp³-hybridized carbons (Fsp3) is 0.348. The van der Waals surface area contributed by atoms with Crippen molar-refractivity contribution in [2.45, 2.75) is 32.7 Å². The number of pyridine rings is 2. The Labute approximate surface area is 165 Å². The van der Waals surface area contributed by atoms with Crippen molar-refractivity contribution in [3.63, 3.8) is 0 Å². The van der Waals surface area contributed by atoms with Crippen LogP contribution >= 0.6 is 0 Å². The van der Waals surface area contributed by atoms with E-state index in [9.17, 15) is 4.79 Å². The van der Waals surface area contributed by atoms with E-state index >= 15 is 0 Å². The van der Waals surface area contributed by atoms with Crippen molar-refractivity contribution in [3.8, 4) is 11.4 Å². The summed E-state index contributed by atoms with van der Waals surface area (Å²) in [6, 6.07) is 13.7. The summed E-state index contributed by atoms with van der Waals surface area (Å²) in [5.41, 5.74) is 4.05. The average Bonchev–Trinajstić information content (AvgIpc) is 3.21. The number of likely N-dealkylation sites (tertiary alicyclic amines) is 1. The average molecular weight is 374 g/mol. The third-order valence-electron chi connectivity index (χ3n) is 5.32. The molecule has 28 heavy (non-hydrogen) atoms. The van der Waals surface area contributed by atoms with E-state index in [0.29, 0.717) is 5.56 Å². The number of carbonyl (C=O) groups excluding carboxylic acids is 1. The van der Waals surface area contributed by atoms with Crippen LogP contribution in [0.2, 0.25) is 0 Å². The zero-order valence-corrected chi connectivity index (χ0v) is 16.5. The standard InChI is InChI=1S/C23H26N4O/c1-16-8-7-9-18-19(23(28)25-17(2)15-27-12-5-6-13-27)14-21(26-22(16)18)20-10-3-4-11-24-20/h3-4,7-11,14,17H,5-6,12-13,15H2,1-2H3,(H,25,28). The van der Waals surface area contributed by atoms with Crippen molar-refractivity contribution in [1.29, 1.82) is 0 Å². The summed E-state index contributed by atoms with van der Waals surface area (Å²) in [7, 11) is 0. The van der Waals surface area contributed by atoms with Crippen LogP contribution in [0.5, 0.6) is 0 Å². The minimum atomic E-state index is -0.0538. The number of amides is 1. The van der Waals surface area contributed by atoms with Crippen molar-refractivity contribution in [1.82, 2.24) is 20.2 Å². The van der Waals surface area contributed by atoms with Crippen molar-refractivity contribution < 1.29 is 4.79 Å². The van der Waals surface area contributed by atoms with Gasteiger partial charge < -0.3 is 10.2 Å². The molecular formula is C23H26N4O. The summed E-state index contributed by atoms with van der Waals surface area (Å²) >= 11 is 0. The maximum absolute atomic E-state index is 13.2. The van der Waals surface area contributed by atoms with Gasteiger partial charge in [-0.2, -0.15) is 0 Å². The molecule has 1 unspecified atom stereocenters. The highest BCUT2D eigenvalue weighted by molar-refractivity contribution is 6.07. The van der Waals surface area contributed by atoms with Crippen LogP contribution in [-0.2, 0) is 0 Å². The summed E-state index contributed by atoms with van der Waals surface area (Å²) < 4.78 is 0. The number of para-hydroxylation sites is 1. The minimum absolute atomic E-state index is 0.0538. The molecule has 0 aliphatic carbocycles. The normalized spacial score (nSPS) is 15.6. The fourth-order valence-electron chi connectivity index (χ4n) is 3.92. The Kier molecular flexibility index (Phi) is 5.35. The Hall–Kier alpha value is -2.79. The third kappa shape index (κ3) is 3.90. The Balaban J connectivity index is 1.68. The summed E-state index contributed by atoms with van der Waals surface area (Å²) in [6.07, 6.45) is 4.25. The molecule has 144 valence electrons. The molecule has 5 nitrogen and oxygen atoms in total. The second-order valence-electron chi connectivity index (χ2n) is 7.62. The predicted molar refractivity (Wildman–Crippen MR) is 112 cm³/mol. The van der Waals surface area contributed by atoms with Crippen LogP contribution in [-0.4, -0.2) is 46.5 Å². The van der Waals surface area contributed by atoms with Gasteiger partial charge in [-0.05, 0) is 63.5 Å². The number of hydrogen-bond donors (Lipinski definition) is 1. The van der Waals surface area contributed by atoms with Crippen LogP contribution in [0.4, 0.5) is 0 Å². The van der Waals surface area contributed by atoms with Crippen LogP contribution in [0.3, 0.4) is 0 Å². The zero-order chi connectivity index (χ0) is 19.5. The number of hydrogen-bond acceptors (Lipinski definition) is 4. The molecule has 1 atom stereocenters. The monoisotopic (exact) mass is 374 g/mol. The maximum Gasteiger partial charge on any atom is 0.252 e. The lowest BCUT2D eigenvalue weighted by Gasteiger charge is -2.21. The topological polar surface area (TPSA) is 58.1 Å².